The lowest BCUT2D eigenvalue weighted by Crippen LogP contribution is -2.13. The van der Waals surface area contributed by atoms with Crippen molar-refractivity contribution in [3.63, 3.8) is 0 Å². The van der Waals surface area contributed by atoms with Crippen molar-refractivity contribution in [2.45, 2.75) is 58.4 Å². The SMILES string of the molecule is CC1CCc2nc(CC(N)c3ccc(C(C)C)cc3)sc2C1. The highest BCUT2D eigenvalue weighted by molar-refractivity contribution is 7.11. The number of nitrogens with two attached hydrogens (primary N) is 1. The molecule has 0 aliphatic heterocycles. The van der Waals surface area contributed by atoms with Gasteiger partial charge in [-0.05, 0) is 42.2 Å². The number of nitrogens with zero attached hydrogens (tertiary/aromatic N) is 1. The summed E-state index contributed by atoms with van der Waals surface area (Å²) < 4.78 is 0. The number of thiazole rings is 1. The molecule has 2 nitrogen and oxygen atoms in total. The van der Waals surface area contributed by atoms with E-state index in [-0.39, 0.29) is 6.04 Å². The van der Waals surface area contributed by atoms with Gasteiger partial charge in [0.2, 0.25) is 0 Å². The minimum Gasteiger partial charge on any atom is -0.324 e. The molecule has 2 atom stereocenters. The standard InChI is InChI=1S/C19H26N2S/c1-12(2)14-5-7-15(8-6-14)16(20)11-19-21-17-9-4-13(3)10-18(17)22-19/h5-8,12-13,16H,4,9-11,20H2,1-3H3. The molecule has 0 amide bonds. The summed E-state index contributed by atoms with van der Waals surface area (Å²) in [6.45, 7) is 6.77. The van der Waals surface area contributed by atoms with Crippen LogP contribution in [0.4, 0.5) is 0 Å². The summed E-state index contributed by atoms with van der Waals surface area (Å²) in [5, 5.41) is 1.21. The molecule has 1 aromatic heterocycles. The van der Waals surface area contributed by atoms with Crippen molar-refractivity contribution in [1.82, 2.24) is 4.98 Å². The van der Waals surface area contributed by atoms with E-state index in [2.05, 4.69) is 45.0 Å². The topological polar surface area (TPSA) is 38.9 Å². The predicted octanol–water partition coefficient (Wildman–Crippen LogP) is 4.63. The predicted molar refractivity (Wildman–Crippen MR) is 94.5 cm³/mol. The molecule has 1 aliphatic carbocycles. The van der Waals surface area contributed by atoms with Gasteiger partial charge in [0.05, 0.1) is 10.7 Å². The van der Waals surface area contributed by atoms with E-state index >= 15 is 0 Å². The number of hydrogen-bond acceptors (Lipinski definition) is 3. The Morgan fingerprint density at radius 3 is 2.59 bits per heavy atom. The molecule has 0 fully saturated rings. The maximum Gasteiger partial charge on any atom is 0.0950 e. The van der Waals surface area contributed by atoms with E-state index < -0.39 is 0 Å². The maximum absolute atomic E-state index is 6.41. The van der Waals surface area contributed by atoms with Crippen LogP contribution in [0, 0.1) is 5.92 Å². The number of fused-ring (bicyclic) bond motifs is 1. The monoisotopic (exact) mass is 314 g/mol. The molecule has 0 bridgehead atoms. The van der Waals surface area contributed by atoms with E-state index in [9.17, 15) is 0 Å². The Bertz CT molecular complexity index is 627. The molecule has 118 valence electrons. The van der Waals surface area contributed by atoms with Gasteiger partial charge in [0, 0.05) is 17.3 Å². The second-order valence-corrected chi connectivity index (χ2v) is 8.13. The third-order valence-corrected chi connectivity index (χ3v) is 5.80. The van der Waals surface area contributed by atoms with Gasteiger partial charge in [-0.2, -0.15) is 0 Å². The summed E-state index contributed by atoms with van der Waals surface area (Å²) in [6, 6.07) is 8.81. The third-order valence-electron chi connectivity index (χ3n) is 4.66. The summed E-state index contributed by atoms with van der Waals surface area (Å²) in [4.78, 5) is 6.33. The highest BCUT2D eigenvalue weighted by Crippen LogP contribution is 2.31. The highest BCUT2D eigenvalue weighted by atomic mass is 32.1. The molecule has 0 spiro atoms. The molecule has 0 radical (unpaired) electrons. The molecule has 1 heterocycles. The van der Waals surface area contributed by atoms with Crippen molar-refractivity contribution in [2.75, 3.05) is 0 Å². The average Bonchev–Trinajstić information content (AvgIpc) is 2.88. The Balaban J connectivity index is 1.70. The molecular weight excluding hydrogens is 288 g/mol. The lowest BCUT2D eigenvalue weighted by atomic mass is 9.93. The van der Waals surface area contributed by atoms with Crippen LogP contribution < -0.4 is 5.73 Å². The van der Waals surface area contributed by atoms with Crippen molar-refractivity contribution in [3.8, 4) is 0 Å². The normalized spacial score (nSPS) is 19.2. The van der Waals surface area contributed by atoms with Gasteiger partial charge in [-0.15, -0.1) is 11.3 Å². The first kappa shape index (κ1) is 15.7. The molecule has 0 saturated carbocycles. The number of rotatable bonds is 4. The van der Waals surface area contributed by atoms with Gasteiger partial charge in [-0.25, -0.2) is 4.98 Å². The molecule has 3 rings (SSSR count). The first-order valence-corrected chi connectivity index (χ1v) is 9.17. The van der Waals surface area contributed by atoms with Crippen molar-refractivity contribution in [3.05, 3.63) is 51.0 Å². The van der Waals surface area contributed by atoms with Gasteiger partial charge in [-0.1, -0.05) is 45.0 Å². The molecule has 2 N–H and O–H groups in total. The maximum atomic E-state index is 6.41. The van der Waals surface area contributed by atoms with E-state index in [1.165, 1.54) is 39.5 Å². The number of benzene rings is 1. The van der Waals surface area contributed by atoms with E-state index in [1.807, 2.05) is 11.3 Å². The third kappa shape index (κ3) is 3.41. The first-order chi connectivity index (χ1) is 10.5. The van der Waals surface area contributed by atoms with Crippen LogP contribution in [-0.4, -0.2) is 4.98 Å². The summed E-state index contributed by atoms with van der Waals surface area (Å²) >= 11 is 1.88. The van der Waals surface area contributed by atoms with Crippen LogP contribution in [-0.2, 0) is 19.3 Å². The molecule has 3 heteroatoms. The fourth-order valence-electron chi connectivity index (χ4n) is 3.11. The van der Waals surface area contributed by atoms with Gasteiger partial charge < -0.3 is 5.73 Å². The molecule has 0 saturated heterocycles. The Labute approximate surface area is 137 Å². The quantitative estimate of drug-likeness (QED) is 0.893. The van der Waals surface area contributed by atoms with E-state index in [4.69, 9.17) is 10.7 Å². The zero-order chi connectivity index (χ0) is 15.7. The van der Waals surface area contributed by atoms with Crippen LogP contribution in [0.5, 0.6) is 0 Å². The first-order valence-electron chi connectivity index (χ1n) is 8.35. The number of aromatic nitrogens is 1. The van der Waals surface area contributed by atoms with E-state index in [0.29, 0.717) is 5.92 Å². The van der Waals surface area contributed by atoms with Crippen molar-refractivity contribution in [1.29, 1.82) is 0 Å². The van der Waals surface area contributed by atoms with Crippen molar-refractivity contribution < 1.29 is 0 Å². The minimum atomic E-state index is 0.0474. The summed E-state index contributed by atoms with van der Waals surface area (Å²) in [5.41, 5.74) is 10.3. The van der Waals surface area contributed by atoms with Crippen LogP contribution in [0.25, 0.3) is 0 Å². The highest BCUT2D eigenvalue weighted by Gasteiger charge is 2.20. The average molecular weight is 314 g/mol. The zero-order valence-electron chi connectivity index (χ0n) is 13.8. The molecule has 2 aromatic rings. The Kier molecular flexibility index (Phi) is 4.65. The van der Waals surface area contributed by atoms with Crippen molar-refractivity contribution in [2.24, 2.45) is 11.7 Å². The Morgan fingerprint density at radius 2 is 1.91 bits per heavy atom. The molecular formula is C19H26N2S. The molecule has 1 aromatic carbocycles. The second kappa shape index (κ2) is 6.51. The van der Waals surface area contributed by atoms with Gasteiger partial charge in [0.25, 0.3) is 0 Å². The lowest BCUT2D eigenvalue weighted by molar-refractivity contribution is 0.501. The summed E-state index contributed by atoms with van der Waals surface area (Å²) in [6.07, 6.45) is 4.47. The van der Waals surface area contributed by atoms with Gasteiger partial charge in [0.15, 0.2) is 0 Å². The molecule has 2 unspecified atom stereocenters. The second-order valence-electron chi connectivity index (χ2n) is 6.96. The summed E-state index contributed by atoms with van der Waals surface area (Å²) in [7, 11) is 0. The Morgan fingerprint density at radius 1 is 1.23 bits per heavy atom. The number of aryl methyl sites for hydroxylation is 1. The van der Waals surface area contributed by atoms with Gasteiger partial charge >= 0.3 is 0 Å². The van der Waals surface area contributed by atoms with Crippen LogP contribution >= 0.6 is 11.3 Å². The van der Waals surface area contributed by atoms with Crippen LogP contribution in [0.1, 0.15) is 65.9 Å². The smallest absolute Gasteiger partial charge is 0.0950 e. The van der Waals surface area contributed by atoms with Crippen LogP contribution in [0.15, 0.2) is 24.3 Å². The van der Waals surface area contributed by atoms with Crippen LogP contribution in [0.3, 0.4) is 0 Å². The van der Waals surface area contributed by atoms with Crippen LogP contribution in [0.2, 0.25) is 0 Å². The zero-order valence-corrected chi connectivity index (χ0v) is 14.6. The summed E-state index contributed by atoms with van der Waals surface area (Å²) in [5.74, 6) is 1.37. The molecule has 1 aliphatic rings. The number of hydrogen-bond donors (Lipinski definition) is 1. The van der Waals surface area contributed by atoms with E-state index in [1.54, 1.807) is 0 Å². The fraction of sp³-hybridized carbons (Fsp3) is 0.526. The Hall–Kier alpha value is -1.19. The largest absolute Gasteiger partial charge is 0.324 e. The van der Waals surface area contributed by atoms with E-state index in [0.717, 1.165) is 18.8 Å². The minimum absolute atomic E-state index is 0.0474. The lowest BCUT2D eigenvalue weighted by Gasteiger charge is -2.15. The fourth-order valence-corrected chi connectivity index (χ4v) is 4.45. The van der Waals surface area contributed by atoms with Gasteiger partial charge in [0.1, 0.15) is 0 Å². The van der Waals surface area contributed by atoms with Crippen molar-refractivity contribution >= 4 is 11.3 Å². The molecule has 22 heavy (non-hydrogen) atoms. The van der Waals surface area contributed by atoms with Gasteiger partial charge in [-0.3, -0.25) is 0 Å².